The van der Waals surface area contributed by atoms with E-state index in [-0.39, 0.29) is 24.8 Å². The highest BCUT2D eigenvalue weighted by Gasteiger charge is 2.39. The van der Waals surface area contributed by atoms with E-state index in [9.17, 15) is 35.9 Å². The number of nitrogens with one attached hydrogen (secondary N) is 1. The zero-order chi connectivity index (χ0) is 21.6. The summed E-state index contributed by atoms with van der Waals surface area (Å²) in [7, 11) is 0. The van der Waals surface area contributed by atoms with Crippen LogP contribution in [-0.2, 0) is 17.1 Å². The number of aromatic nitrogens is 1. The van der Waals surface area contributed by atoms with Gasteiger partial charge in [-0.2, -0.15) is 26.3 Å². The zero-order valence-corrected chi connectivity index (χ0v) is 14.7. The number of halogens is 6. The van der Waals surface area contributed by atoms with Crippen molar-refractivity contribution in [2.75, 3.05) is 18.4 Å². The number of alkyl halides is 6. The molecule has 1 saturated heterocycles. The van der Waals surface area contributed by atoms with Crippen LogP contribution in [0.2, 0.25) is 0 Å². The number of carbonyl (C=O) groups excluding carboxylic acids is 2. The van der Waals surface area contributed by atoms with Gasteiger partial charge in [0.1, 0.15) is 5.76 Å². The number of amides is 2. The van der Waals surface area contributed by atoms with Gasteiger partial charge in [0.25, 0.3) is 5.91 Å². The van der Waals surface area contributed by atoms with E-state index in [0.29, 0.717) is 17.9 Å². The molecule has 0 unspecified atom stereocenters. The Kier molecular flexibility index (Phi) is 5.05. The first kappa shape index (κ1) is 20.7. The molecule has 1 N–H and O–H groups in total. The maximum absolute atomic E-state index is 12.9. The van der Waals surface area contributed by atoms with Crippen molar-refractivity contribution in [2.45, 2.75) is 19.3 Å². The van der Waals surface area contributed by atoms with Crippen LogP contribution < -0.4 is 5.32 Å². The number of carbonyl (C=O) groups is 2. The van der Waals surface area contributed by atoms with E-state index in [4.69, 9.17) is 4.52 Å². The lowest BCUT2D eigenvalue weighted by atomic mass is 9.98. The second-order valence-corrected chi connectivity index (χ2v) is 6.51. The quantitative estimate of drug-likeness (QED) is 0.767. The molecule has 1 aromatic heterocycles. The topological polar surface area (TPSA) is 75.4 Å². The second kappa shape index (κ2) is 7.08. The molecule has 1 fully saturated rings. The highest BCUT2D eigenvalue weighted by Crippen LogP contribution is 2.37. The van der Waals surface area contributed by atoms with Crippen molar-refractivity contribution in [3.63, 3.8) is 0 Å². The molecule has 0 radical (unpaired) electrons. The molecule has 6 nitrogen and oxygen atoms in total. The van der Waals surface area contributed by atoms with E-state index in [2.05, 4.69) is 10.5 Å². The third-order valence-corrected chi connectivity index (χ3v) is 4.24. The lowest BCUT2D eigenvalue weighted by molar-refractivity contribution is -0.143. The Morgan fingerprint density at radius 2 is 1.59 bits per heavy atom. The molecule has 29 heavy (non-hydrogen) atoms. The van der Waals surface area contributed by atoms with Crippen LogP contribution >= 0.6 is 0 Å². The van der Waals surface area contributed by atoms with Crippen LogP contribution in [0.1, 0.15) is 27.4 Å². The van der Waals surface area contributed by atoms with Crippen LogP contribution in [0.15, 0.2) is 28.8 Å². The number of anilines is 1. The number of benzene rings is 1. The minimum absolute atomic E-state index is 0.0285. The summed E-state index contributed by atoms with van der Waals surface area (Å²) in [6.07, 6.45) is -10.0. The summed E-state index contributed by atoms with van der Waals surface area (Å²) in [5.41, 5.74) is -3.66. The van der Waals surface area contributed by atoms with Gasteiger partial charge in [-0.3, -0.25) is 9.59 Å². The van der Waals surface area contributed by atoms with Crippen molar-refractivity contribution < 1.29 is 40.5 Å². The van der Waals surface area contributed by atoms with Gasteiger partial charge in [0.05, 0.1) is 17.0 Å². The number of hydrogen-bond acceptors (Lipinski definition) is 4. The van der Waals surface area contributed by atoms with E-state index in [0.717, 1.165) is 0 Å². The molecule has 1 aromatic carbocycles. The third-order valence-electron chi connectivity index (χ3n) is 4.24. The predicted molar refractivity (Wildman–Crippen MR) is 85.7 cm³/mol. The molecule has 2 amide bonds. The molecule has 2 heterocycles. The Bertz CT molecular complexity index is 912. The number of likely N-dealkylation sites (tertiary alicyclic amines) is 1. The maximum Gasteiger partial charge on any atom is 0.416 e. The first-order valence-corrected chi connectivity index (χ1v) is 8.17. The number of hydrogen-bond donors (Lipinski definition) is 1. The van der Waals surface area contributed by atoms with Gasteiger partial charge < -0.3 is 14.7 Å². The summed E-state index contributed by atoms with van der Waals surface area (Å²) in [4.78, 5) is 25.5. The van der Waals surface area contributed by atoms with Gasteiger partial charge in [0, 0.05) is 24.8 Å². The minimum Gasteiger partial charge on any atom is -0.361 e. The van der Waals surface area contributed by atoms with Gasteiger partial charge in [-0.1, -0.05) is 5.16 Å². The van der Waals surface area contributed by atoms with Crippen molar-refractivity contribution in [1.82, 2.24) is 10.1 Å². The van der Waals surface area contributed by atoms with Gasteiger partial charge in [-0.05, 0) is 25.1 Å². The summed E-state index contributed by atoms with van der Waals surface area (Å²) in [5, 5.41) is 5.60. The molecule has 0 spiro atoms. The summed E-state index contributed by atoms with van der Waals surface area (Å²) < 4.78 is 82.0. The molecule has 156 valence electrons. The molecule has 12 heteroatoms. The minimum atomic E-state index is -5.02. The fourth-order valence-electron chi connectivity index (χ4n) is 2.71. The third kappa shape index (κ3) is 4.51. The zero-order valence-electron chi connectivity index (χ0n) is 14.7. The Morgan fingerprint density at radius 1 is 1.03 bits per heavy atom. The Labute approximate surface area is 159 Å². The van der Waals surface area contributed by atoms with E-state index >= 15 is 0 Å². The number of nitrogens with zero attached hydrogens (tertiary/aromatic N) is 2. The Hall–Kier alpha value is -3.05. The van der Waals surface area contributed by atoms with E-state index in [1.165, 1.54) is 11.0 Å². The molecule has 2 aromatic rings. The summed E-state index contributed by atoms with van der Waals surface area (Å²) in [5.74, 6) is -1.66. The van der Waals surface area contributed by atoms with E-state index < -0.39 is 46.9 Å². The summed E-state index contributed by atoms with van der Waals surface area (Å²) in [6.45, 7) is 1.48. The van der Waals surface area contributed by atoms with Crippen LogP contribution in [0, 0.1) is 12.8 Å². The van der Waals surface area contributed by atoms with Crippen LogP contribution in [0.5, 0.6) is 0 Å². The lowest BCUT2D eigenvalue weighted by Gasteiger charge is -2.37. The molecule has 0 bridgehead atoms. The molecular weight excluding hydrogens is 408 g/mol. The van der Waals surface area contributed by atoms with Crippen molar-refractivity contribution >= 4 is 17.5 Å². The van der Waals surface area contributed by atoms with Crippen LogP contribution in [0.3, 0.4) is 0 Å². The van der Waals surface area contributed by atoms with Crippen LogP contribution in [0.25, 0.3) is 0 Å². The first-order valence-electron chi connectivity index (χ1n) is 8.17. The predicted octanol–water partition coefficient (Wildman–Crippen LogP) is 3.73. The normalized spacial score (nSPS) is 15.2. The van der Waals surface area contributed by atoms with Crippen molar-refractivity contribution in [3.05, 3.63) is 46.8 Å². The average molecular weight is 421 g/mol. The van der Waals surface area contributed by atoms with Crippen LogP contribution in [-0.4, -0.2) is 35.0 Å². The van der Waals surface area contributed by atoms with Gasteiger partial charge in [0.2, 0.25) is 5.91 Å². The summed E-state index contributed by atoms with van der Waals surface area (Å²) >= 11 is 0. The second-order valence-electron chi connectivity index (χ2n) is 6.51. The molecule has 3 rings (SSSR count). The largest absolute Gasteiger partial charge is 0.416 e. The number of aryl methyl sites for hydroxylation is 1. The SMILES string of the molecule is Cc1cc(C(=O)N2CC(C(=O)Nc3cc(C(F)(F)F)cc(C(F)(F)F)c3)C2)no1. The average Bonchev–Trinajstić information content (AvgIpc) is 2.98. The summed E-state index contributed by atoms with van der Waals surface area (Å²) in [6, 6.07) is 2.22. The van der Waals surface area contributed by atoms with E-state index in [1.54, 1.807) is 6.92 Å². The van der Waals surface area contributed by atoms with Crippen molar-refractivity contribution in [3.8, 4) is 0 Å². The van der Waals surface area contributed by atoms with Gasteiger partial charge in [-0.15, -0.1) is 0 Å². The number of rotatable bonds is 3. The Balaban J connectivity index is 1.69. The molecule has 0 atom stereocenters. The van der Waals surface area contributed by atoms with Gasteiger partial charge >= 0.3 is 12.4 Å². The highest BCUT2D eigenvalue weighted by molar-refractivity contribution is 5.97. The fourth-order valence-corrected chi connectivity index (χ4v) is 2.71. The molecule has 0 aliphatic carbocycles. The Morgan fingerprint density at radius 3 is 2.03 bits per heavy atom. The van der Waals surface area contributed by atoms with Gasteiger partial charge in [0.15, 0.2) is 5.69 Å². The monoisotopic (exact) mass is 421 g/mol. The highest BCUT2D eigenvalue weighted by atomic mass is 19.4. The molecule has 1 aliphatic rings. The first-order chi connectivity index (χ1) is 13.3. The molecular formula is C17H13F6N3O3. The maximum atomic E-state index is 12.9. The van der Waals surface area contributed by atoms with Crippen LogP contribution in [0.4, 0.5) is 32.0 Å². The smallest absolute Gasteiger partial charge is 0.361 e. The van der Waals surface area contributed by atoms with Gasteiger partial charge in [-0.25, -0.2) is 0 Å². The fraction of sp³-hybridized carbons (Fsp3) is 0.353. The molecule has 0 saturated carbocycles. The lowest BCUT2D eigenvalue weighted by Crippen LogP contribution is -2.54. The van der Waals surface area contributed by atoms with Crippen molar-refractivity contribution in [2.24, 2.45) is 5.92 Å². The van der Waals surface area contributed by atoms with E-state index in [1.807, 2.05) is 0 Å². The standard InChI is InChI=1S/C17H13F6N3O3/c1-8-2-13(25-29-8)15(28)26-6-9(7-26)14(27)24-12-4-10(16(18,19)20)3-11(5-12)17(21,22)23/h2-5,9H,6-7H2,1H3,(H,24,27). The van der Waals surface area contributed by atoms with Crippen molar-refractivity contribution in [1.29, 1.82) is 0 Å². The molecule has 1 aliphatic heterocycles.